The minimum atomic E-state index is -7.09. The van der Waals surface area contributed by atoms with Crippen LogP contribution in [-0.2, 0) is 4.74 Å². The average molecular weight is 461 g/mol. The van der Waals surface area contributed by atoms with Crippen molar-refractivity contribution in [3.05, 3.63) is 0 Å². The number of halogens is 11. The van der Waals surface area contributed by atoms with Gasteiger partial charge in [-0.15, -0.1) is 0 Å². The smallest absolute Gasteiger partial charge is 0.357 e. The van der Waals surface area contributed by atoms with Gasteiger partial charge in [0.15, 0.2) is 0 Å². The molecular weight excluding hydrogens is 447 g/mol. The predicted molar refractivity (Wildman–Crippen MR) is 79.3 cm³/mol. The van der Waals surface area contributed by atoms with Gasteiger partial charge in [0.05, 0.1) is 0 Å². The molecule has 0 aliphatic rings. The second kappa shape index (κ2) is 8.84. The molecule has 2 nitrogen and oxygen atoms in total. The van der Waals surface area contributed by atoms with Crippen LogP contribution in [0.3, 0.4) is 0 Å². The zero-order valence-electron chi connectivity index (χ0n) is 13.7. The number of thioether (sulfide) groups is 1. The molecule has 0 bridgehead atoms. The molecule has 0 aliphatic carbocycles. The first-order chi connectivity index (χ1) is 11.9. The molecule has 1 unspecified atom stereocenters. The Labute approximate surface area is 156 Å². The largest absolute Gasteiger partial charge is 0.462 e. The van der Waals surface area contributed by atoms with Gasteiger partial charge in [-0.2, -0.15) is 48.3 Å². The van der Waals surface area contributed by atoms with Gasteiger partial charge in [-0.1, -0.05) is 26.1 Å². The molecule has 0 rings (SSSR count). The summed E-state index contributed by atoms with van der Waals surface area (Å²) in [4.78, 5) is 0.948. The van der Waals surface area contributed by atoms with Crippen LogP contribution >= 0.6 is 24.0 Å². The second-order valence-corrected chi connectivity index (χ2v) is 6.84. The highest BCUT2D eigenvalue weighted by atomic mass is 32.2. The summed E-state index contributed by atoms with van der Waals surface area (Å²) in [7, 11) is 0. The van der Waals surface area contributed by atoms with E-state index in [-0.39, 0.29) is 25.9 Å². The summed E-state index contributed by atoms with van der Waals surface area (Å²) in [6, 6.07) is 0. The van der Waals surface area contributed by atoms with Gasteiger partial charge in [0.2, 0.25) is 0 Å². The van der Waals surface area contributed by atoms with Gasteiger partial charge in [0.1, 0.15) is 4.32 Å². The van der Waals surface area contributed by atoms with Crippen molar-refractivity contribution < 1.29 is 53.0 Å². The molecule has 0 radical (unpaired) electrons. The minimum Gasteiger partial charge on any atom is -0.357 e. The van der Waals surface area contributed by atoms with Crippen LogP contribution < -0.4 is 0 Å². The Morgan fingerprint density at radius 2 is 1.22 bits per heavy atom. The Morgan fingerprint density at radius 1 is 0.815 bits per heavy atom. The molecule has 0 spiro atoms. The van der Waals surface area contributed by atoms with Crippen LogP contribution in [-0.4, -0.2) is 51.9 Å². The van der Waals surface area contributed by atoms with E-state index in [1.807, 2.05) is 0 Å². The maximum atomic E-state index is 14.1. The lowest BCUT2D eigenvalue weighted by atomic mass is 10.3. The van der Waals surface area contributed by atoms with Gasteiger partial charge in [-0.25, -0.2) is 0 Å². The fourth-order valence-electron chi connectivity index (χ4n) is 1.54. The molecule has 0 fully saturated rings. The summed E-state index contributed by atoms with van der Waals surface area (Å²) in [5, 5.41) is -5.65. The van der Waals surface area contributed by atoms with Crippen LogP contribution in [0.4, 0.5) is 48.3 Å². The molecule has 0 aliphatic heterocycles. The third kappa shape index (κ3) is 6.21. The van der Waals surface area contributed by atoms with Crippen molar-refractivity contribution in [2.24, 2.45) is 0 Å². The molecule has 0 saturated heterocycles. The summed E-state index contributed by atoms with van der Waals surface area (Å²) >= 11 is 3.25. The SMILES string of the molecule is CCCN(CCC)C(=S)SC(F)(OC(F)(F)C(F)(F)C(F)(F)F)C(F)(F)F. The topological polar surface area (TPSA) is 12.5 Å². The van der Waals surface area contributed by atoms with Crippen molar-refractivity contribution in [3.8, 4) is 0 Å². The summed E-state index contributed by atoms with van der Waals surface area (Å²) in [5.41, 5.74) is 0. The third-order valence-corrected chi connectivity index (χ3v) is 4.30. The molecular formula is C12H14F11NOS2. The first-order valence-electron chi connectivity index (χ1n) is 7.12. The molecule has 162 valence electrons. The van der Waals surface area contributed by atoms with Crippen molar-refractivity contribution in [2.75, 3.05) is 13.1 Å². The Hall–Kier alpha value is -0.570. The zero-order chi connectivity index (χ0) is 21.9. The van der Waals surface area contributed by atoms with Crippen LogP contribution in [0, 0.1) is 0 Å². The van der Waals surface area contributed by atoms with E-state index in [0.717, 1.165) is 4.90 Å². The number of rotatable bonds is 8. The predicted octanol–water partition coefficient (Wildman–Crippen LogP) is 6.12. The van der Waals surface area contributed by atoms with Crippen molar-refractivity contribution in [1.29, 1.82) is 0 Å². The van der Waals surface area contributed by atoms with Crippen molar-refractivity contribution in [2.45, 2.75) is 56.3 Å². The Bertz CT molecular complexity index is 503. The van der Waals surface area contributed by atoms with E-state index in [9.17, 15) is 48.3 Å². The summed E-state index contributed by atoms with van der Waals surface area (Å²) in [6.45, 7) is 3.03. The number of hydrogen-bond acceptors (Lipinski definition) is 3. The molecule has 0 amide bonds. The van der Waals surface area contributed by atoms with Crippen LogP contribution in [0.15, 0.2) is 0 Å². The van der Waals surface area contributed by atoms with E-state index >= 15 is 0 Å². The lowest BCUT2D eigenvalue weighted by Gasteiger charge is -2.35. The molecule has 0 aromatic rings. The third-order valence-electron chi connectivity index (χ3n) is 2.78. The van der Waals surface area contributed by atoms with E-state index in [1.54, 1.807) is 13.8 Å². The number of nitrogens with zero attached hydrogens (tertiary/aromatic N) is 1. The van der Waals surface area contributed by atoms with Crippen molar-refractivity contribution >= 4 is 28.3 Å². The molecule has 0 aromatic carbocycles. The van der Waals surface area contributed by atoms with Gasteiger partial charge < -0.3 is 4.90 Å². The molecule has 27 heavy (non-hydrogen) atoms. The molecule has 15 heteroatoms. The lowest BCUT2D eigenvalue weighted by molar-refractivity contribution is -0.464. The van der Waals surface area contributed by atoms with Gasteiger partial charge >= 0.3 is 29.6 Å². The van der Waals surface area contributed by atoms with Gasteiger partial charge in [0.25, 0.3) is 0 Å². The quantitative estimate of drug-likeness (QED) is 0.245. The number of ether oxygens (including phenoxy) is 1. The highest BCUT2D eigenvalue weighted by molar-refractivity contribution is 8.23. The maximum absolute atomic E-state index is 14.1. The Balaban J connectivity index is 5.83. The standard InChI is InChI=1S/C12H14F11NOS2/c1-3-5-24(6-4-2)7(26)27-12(23,10(18,19)20)25-11(21,22)8(13,14)9(15,16)17/h3-6H2,1-2H3. The monoisotopic (exact) mass is 461 g/mol. The normalized spacial score (nSPS) is 16.2. The van der Waals surface area contributed by atoms with E-state index in [0.29, 0.717) is 0 Å². The molecule has 0 N–H and O–H groups in total. The second-order valence-electron chi connectivity index (χ2n) is 5.08. The van der Waals surface area contributed by atoms with E-state index < -0.39 is 45.7 Å². The van der Waals surface area contributed by atoms with Gasteiger partial charge in [-0.3, -0.25) is 4.74 Å². The van der Waals surface area contributed by atoms with Crippen molar-refractivity contribution in [3.63, 3.8) is 0 Å². The first-order valence-corrected chi connectivity index (χ1v) is 8.34. The van der Waals surface area contributed by atoms with Crippen LogP contribution in [0.2, 0.25) is 0 Å². The fourth-order valence-corrected chi connectivity index (χ4v) is 2.84. The van der Waals surface area contributed by atoms with E-state index in [1.165, 1.54) is 0 Å². The van der Waals surface area contributed by atoms with Crippen LogP contribution in [0.1, 0.15) is 26.7 Å². The molecule has 0 heterocycles. The van der Waals surface area contributed by atoms with E-state index in [4.69, 9.17) is 0 Å². The maximum Gasteiger partial charge on any atom is 0.462 e. The first kappa shape index (κ1) is 26.4. The summed E-state index contributed by atoms with van der Waals surface area (Å²) < 4.78 is 142. The molecule has 0 aromatic heterocycles. The van der Waals surface area contributed by atoms with Crippen molar-refractivity contribution in [1.82, 2.24) is 4.90 Å². The lowest BCUT2D eigenvalue weighted by Crippen LogP contribution is -2.58. The summed E-state index contributed by atoms with van der Waals surface area (Å²) in [5.74, 6) is -7.09. The van der Waals surface area contributed by atoms with Gasteiger partial charge in [-0.05, 0) is 24.6 Å². The summed E-state index contributed by atoms with van der Waals surface area (Å²) in [6.07, 6.45) is -19.7. The minimum absolute atomic E-state index is 0.0390. The highest BCUT2D eigenvalue weighted by Crippen LogP contribution is 2.54. The number of alkyl halides is 11. The van der Waals surface area contributed by atoms with Crippen LogP contribution in [0.5, 0.6) is 0 Å². The van der Waals surface area contributed by atoms with Crippen LogP contribution in [0.25, 0.3) is 0 Å². The highest BCUT2D eigenvalue weighted by Gasteiger charge is 2.78. The Kier molecular flexibility index (Phi) is 8.66. The zero-order valence-corrected chi connectivity index (χ0v) is 15.3. The molecule has 0 saturated carbocycles. The Morgan fingerprint density at radius 3 is 1.52 bits per heavy atom. The fraction of sp³-hybridized carbons (Fsp3) is 0.917. The number of hydrogen-bond donors (Lipinski definition) is 0. The number of thiocarbonyl (C=S) groups is 1. The van der Waals surface area contributed by atoms with E-state index in [2.05, 4.69) is 17.0 Å². The molecule has 1 atom stereocenters. The van der Waals surface area contributed by atoms with Gasteiger partial charge in [0, 0.05) is 13.1 Å². The average Bonchev–Trinajstić information content (AvgIpc) is 2.43.